The van der Waals surface area contributed by atoms with Crippen LogP contribution >= 0.6 is 15.9 Å². The van der Waals surface area contributed by atoms with Crippen molar-refractivity contribution in [1.29, 1.82) is 0 Å². The SMILES string of the molecule is C[C@H](N)c1ccc(N(C)CC2CCCCC2)c(Br)c1. The Kier molecular flexibility index (Phi) is 5.28. The second-order valence-corrected chi connectivity index (χ2v) is 6.74. The highest BCUT2D eigenvalue weighted by Crippen LogP contribution is 2.31. The summed E-state index contributed by atoms with van der Waals surface area (Å²) >= 11 is 3.68. The molecule has 0 saturated heterocycles. The summed E-state index contributed by atoms with van der Waals surface area (Å²) in [5.41, 5.74) is 8.38. The van der Waals surface area contributed by atoms with Crippen LogP contribution < -0.4 is 10.6 Å². The zero-order valence-corrected chi connectivity index (χ0v) is 13.6. The van der Waals surface area contributed by atoms with Crippen LogP contribution in [-0.4, -0.2) is 13.6 Å². The van der Waals surface area contributed by atoms with Gasteiger partial charge in [-0.3, -0.25) is 0 Å². The molecule has 1 atom stereocenters. The fourth-order valence-corrected chi connectivity index (χ4v) is 3.67. The molecule has 0 bridgehead atoms. The Balaban J connectivity index is 2.03. The summed E-state index contributed by atoms with van der Waals surface area (Å²) in [4.78, 5) is 2.38. The first-order chi connectivity index (χ1) is 9.08. The maximum atomic E-state index is 5.92. The van der Waals surface area contributed by atoms with Gasteiger partial charge in [0.1, 0.15) is 0 Å². The molecule has 0 heterocycles. The summed E-state index contributed by atoms with van der Waals surface area (Å²) in [5.74, 6) is 0.860. The maximum Gasteiger partial charge on any atom is 0.0508 e. The molecule has 1 aliphatic carbocycles. The molecule has 0 spiro atoms. The number of hydrogen-bond acceptors (Lipinski definition) is 2. The van der Waals surface area contributed by atoms with E-state index in [2.05, 4.69) is 46.1 Å². The molecule has 1 fully saturated rings. The van der Waals surface area contributed by atoms with Gasteiger partial charge in [0.15, 0.2) is 0 Å². The van der Waals surface area contributed by atoms with Gasteiger partial charge in [-0.25, -0.2) is 0 Å². The largest absolute Gasteiger partial charge is 0.373 e. The Hall–Kier alpha value is -0.540. The fraction of sp³-hybridized carbons (Fsp3) is 0.625. The second-order valence-electron chi connectivity index (χ2n) is 5.88. The number of anilines is 1. The maximum absolute atomic E-state index is 5.92. The smallest absolute Gasteiger partial charge is 0.0508 e. The molecule has 3 heteroatoms. The second kappa shape index (κ2) is 6.76. The third kappa shape index (κ3) is 3.96. The van der Waals surface area contributed by atoms with E-state index in [1.807, 2.05) is 6.92 Å². The molecule has 1 aliphatic rings. The lowest BCUT2D eigenvalue weighted by Crippen LogP contribution is -2.27. The molecular formula is C16H25BrN2. The van der Waals surface area contributed by atoms with Gasteiger partial charge < -0.3 is 10.6 Å². The number of halogens is 1. The standard InChI is InChI=1S/C16H25BrN2/c1-12(18)14-8-9-16(15(17)10-14)19(2)11-13-6-4-3-5-7-13/h8-10,12-13H,3-7,11,18H2,1-2H3/t12-/m0/s1. The van der Waals surface area contributed by atoms with Crippen LogP contribution in [0.5, 0.6) is 0 Å². The van der Waals surface area contributed by atoms with Crippen LogP contribution in [0.3, 0.4) is 0 Å². The van der Waals surface area contributed by atoms with Gasteiger partial charge in [-0.2, -0.15) is 0 Å². The Morgan fingerprint density at radius 2 is 2.00 bits per heavy atom. The topological polar surface area (TPSA) is 29.3 Å². The monoisotopic (exact) mass is 324 g/mol. The van der Waals surface area contributed by atoms with Crippen molar-refractivity contribution in [2.75, 3.05) is 18.5 Å². The predicted molar refractivity (Wildman–Crippen MR) is 86.6 cm³/mol. The van der Waals surface area contributed by atoms with E-state index in [0.717, 1.165) is 16.9 Å². The molecule has 0 unspecified atom stereocenters. The fourth-order valence-electron chi connectivity index (χ4n) is 2.97. The summed E-state index contributed by atoms with van der Waals surface area (Å²) in [5, 5.41) is 0. The molecule has 0 amide bonds. The number of hydrogen-bond donors (Lipinski definition) is 1. The molecule has 2 rings (SSSR count). The molecule has 1 aromatic carbocycles. The van der Waals surface area contributed by atoms with Gasteiger partial charge in [-0.05, 0) is 59.3 Å². The van der Waals surface area contributed by atoms with Crippen LogP contribution in [0.25, 0.3) is 0 Å². The van der Waals surface area contributed by atoms with Gasteiger partial charge in [0.2, 0.25) is 0 Å². The number of benzene rings is 1. The summed E-state index contributed by atoms with van der Waals surface area (Å²) < 4.78 is 1.15. The van der Waals surface area contributed by atoms with Crippen LogP contribution in [-0.2, 0) is 0 Å². The molecule has 1 aromatic rings. The van der Waals surface area contributed by atoms with Crippen LogP contribution in [0.2, 0.25) is 0 Å². The first-order valence-electron chi connectivity index (χ1n) is 7.34. The Labute approximate surface area is 125 Å². The molecule has 0 radical (unpaired) electrons. The average molecular weight is 325 g/mol. The van der Waals surface area contributed by atoms with E-state index in [1.54, 1.807) is 0 Å². The van der Waals surface area contributed by atoms with Gasteiger partial charge in [0, 0.05) is 24.1 Å². The predicted octanol–water partition coefficient (Wildman–Crippen LogP) is 4.49. The Bertz CT molecular complexity index is 411. The quantitative estimate of drug-likeness (QED) is 0.884. The lowest BCUT2D eigenvalue weighted by atomic mass is 9.89. The third-order valence-corrected chi connectivity index (χ3v) is 4.80. The molecule has 106 valence electrons. The highest BCUT2D eigenvalue weighted by atomic mass is 79.9. The highest BCUT2D eigenvalue weighted by molar-refractivity contribution is 9.10. The zero-order chi connectivity index (χ0) is 13.8. The Morgan fingerprint density at radius 1 is 1.32 bits per heavy atom. The first-order valence-corrected chi connectivity index (χ1v) is 8.13. The summed E-state index contributed by atoms with van der Waals surface area (Å²) in [7, 11) is 2.19. The van der Waals surface area contributed by atoms with Crippen LogP contribution in [0.15, 0.2) is 22.7 Å². The molecule has 2 nitrogen and oxygen atoms in total. The Morgan fingerprint density at radius 3 is 2.58 bits per heavy atom. The first kappa shape index (κ1) is 14.9. The van der Waals surface area contributed by atoms with E-state index in [4.69, 9.17) is 5.73 Å². The van der Waals surface area contributed by atoms with Crippen LogP contribution in [0.1, 0.15) is 50.6 Å². The van der Waals surface area contributed by atoms with Gasteiger partial charge in [0.25, 0.3) is 0 Å². The van der Waals surface area contributed by atoms with Gasteiger partial charge in [-0.15, -0.1) is 0 Å². The van der Waals surface area contributed by atoms with Crippen molar-refractivity contribution in [2.24, 2.45) is 11.7 Å². The summed E-state index contributed by atoms with van der Waals surface area (Å²) in [6.07, 6.45) is 7.01. The van der Waals surface area contributed by atoms with Crippen molar-refractivity contribution in [2.45, 2.75) is 45.1 Å². The highest BCUT2D eigenvalue weighted by Gasteiger charge is 2.17. The van der Waals surface area contributed by atoms with Crippen molar-refractivity contribution >= 4 is 21.6 Å². The average Bonchev–Trinajstić information content (AvgIpc) is 2.39. The minimum Gasteiger partial charge on any atom is -0.373 e. The molecule has 1 saturated carbocycles. The van der Waals surface area contributed by atoms with E-state index in [1.165, 1.54) is 43.4 Å². The van der Waals surface area contributed by atoms with Crippen molar-refractivity contribution < 1.29 is 0 Å². The van der Waals surface area contributed by atoms with E-state index < -0.39 is 0 Å². The number of nitrogens with two attached hydrogens (primary N) is 1. The normalized spacial score (nSPS) is 18.3. The van der Waals surface area contributed by atoms with Crippen LogP contribution in [0.4, 0.5) is 5.69 Å². The minimum absolute atomic E-state index is 0.0917. The third-order valence-electron chi connectivity index (χ3n) is 4.17. The lowest BCUT2D eigenvalue weighted by Gasteiger charge is -2.29. The summed E-state index contributed by atoms with van der Waals surface area (Å²) in [6.45, 7) is 3.18. The van der Waals surface area contributed by atoms with Crippen molar-refractivity contribution in [3.8, 4) is 0 Å². The van der Waals surface area contributed by atoms with Crippen molar-refractivity contribution in [3.63, 3.8) is 0 Å². The van der Waals surface area contributed by atoms with Crippen molar-refractivity contribution in [1.82, 2.24) is 0 Å². The summed E-state index contributed by atoms with van der Waals surface area (Å²) in [6, 6.07) is 6.57. The molecule has 0 aliphatic heterocycles. The lowest BCUT2D eigenvalue weighted by molar-refractivity contribution is 0.362. The van der Waals surface area contributed by atoms with E-state index in [9.17, 15) is 0 Å². The van der Waals surface area contributed by atoms with Gasteiger partial charge in [0.05, 0.1) is 5.69 Å². The molecule has 2 N–H and O–H groups in total. The zero-order valence-electron chi connectivity index (χ0n) is 12.0. The number of rotatable bonds is 4. The molecule has 19 heavy (non-hydrogen) atoms. The van der Waals surface area contributed by atoms with E-state index in [0.29, 0.717) is 0 Å². The van der Waals surface area contributed by atoms with Gasteiger partial charge >= 0.3 is 0 Å². The van der Waals surface area contributed by atoms with Gasteiger partial charge in [-0.1, -0.05) is 25.3 Å². The van der Waals surface area contributed by atoms with Crippen LogP contribution in [0, 0.1) is 5.92 Å². The van der Waals surface area contributed by atoms with Crippen molar-refractivity contribution in [3.05, 3.63) is 28.2 Å². The number of nitrogens with zero attached hydrogens (tertiary/aromatic N) is 1. The minimum atomic E-state index is 0.0917. The molecule has 0 aromatic heterocycles. The van der Waals surface area contributed by atoms with E-state index in [-0.39, 0.29) is 6.04 Å². The van der Waals surface area contributed by atoms with E-state index >= 15 is 0 Å². The molecular weight excluding hydrogens is 300 g/mol.